The molecule has 0 saturated heterocycles. The molecule has 1 fully saturated rings. The van der Waals surface area contributed by atoms with Crippen molar-refractivity contribution < 1.29 is 8.42 Å². The first-order chi connectivity index (χ1) is 16.4. The predicted molar refractivity (Wildman–Crippen MR) is 142 cm³/mol. The lowest BCUT2D eigenvalue weighted by atomic mass is 9.75. The summed E-state index contributed by atoms with van der Waals surface area (Å²) < 4.78 is 27.1. The first-order valence-corrected chi connectivity index (χ1v) is 15.0. The molecule has 1 saturated carbocycles. The van der Waals surface area contributed by atoms with Gasteiger partial charge in [0.15, 0.2) is 0 Å². The molecule has 2 aliphatic rings. The SMILES string of the molecule is CCN(CC)C1CCc2ccc(CCCNS(=O)(=O)CC3CC3)cc2C1Cc1ccc(Cl)cc1. The number of fused-ring (bicyclic) bond motifs is 1. The number of aryl methyl sites for hydroxylation is 2. The minimum Gasteiger partial charge on any atom is -0.300 e. The van der Waals surface area contributed by atoms with E-state index in [-0.39, 0.29) is 0 Å². The summed E-state index contributed by atoms with van der Waals surface area (Å²) in [5, 5.41) is 0.781. The van der Waals surface area contributed by atoms with Crippen LogP contribution >= 0.6 is 11.6 Å². The molecule has 4 rings (SSSR count). The van der Waals surface area contributed by atoms with Crippen molar-refractivity contribution in [3.63, 3.8) is 0 Å². The summed E-state index contributed by atoms with van der Waals surface area (Å²) in [6.07, 6.45) is 7.15. The van der Waals surface area contributed by atoms with E-state index in [2.05, 4.69) is 53.8 Å². The normalized spacial score (nSPS) is 20.5. The molecule has 2 atom stereocenters. The number of benzene rings is 2. The van der Waals surface area contributed by atoms with Gasteiger partial charge in [-0.2, -0.15) is 0 Å². The molecule has 4 nitrogen and oxygen atoms in total. The van der Waals surface area contributed by atoms with E-state index in [1.165, 1.54) is 28.7 Å². The number of sulfonamides is 1. The van der Waals surface area contributed by atoms with Gasteiger partial charge in [-0.25, -0.2) is 13.1 Å². The number of nitrogens with one attached hydrogen (secondary N) is 1. The van der Waals surface area contributed by atoms with Gasteiger partial charge in [-0.3, -0.25) is 0 Å². The van der Waals surface area contributed by atoms with Gasteiger partial charge in [0.2, 0.25) is 10.0 Å². The largest absolute Gasteiger partial charge is 0.300 e. The van der Waals surface area contributed by atoms with Gasteiger partial charge >= 0.3 is 0 Å². The van der Waals surface area contributed by atoms with E-state index in [0.717, 1.165) is 56.6 Å². The maximum atomic E-state index is 12.2. The van der Waals surface area contributed by atoms with Crippen LogP contribution in [-0.4, -0.2) is 44.7 Å². The van der Waals surface area contributed by atoms with Gasteiger partial charge in [0.25, 0.3) is 0 Å². The Morgan fingerprint density at radius 3 is 2.38 bits per heavy atom. The fourth-order valence-corrected chi connectivity index (χ4v) is 7.16. The summed E-state index contributed by atoms with van der Waals surface area (Å²) in [6, 6.07) is 15.8. The molecule has 1 N–H and O–H groups in total. The van der Waals surface area contributed by atoms with Crippen LogP contribution in [0.5, 0.6) is 0 Å². The lowest BCUT2D eigenvalue weighted by molar-refractivity contribution is 0.168. The molecule has 0 bridgehead atoms. The summed E-state index contributed by atoms with van der Waals surface area (Å²) in [6.45, 7) is 7.17. The number of hydrogen-bond acceptors (Lipinski definition) is 3. The van der Waals surface area contributed by atoms with Gasteiger partial charge in [0.1, 0.15) is 0 Å². The number of nitrogens with zero attached hydrogens (tertiary/aromatic N) is 1. The highest BCUT2D eigenvalue weighted by atomic mass is 35.5. The zero-order valence-electron chi connectivity index (χ0n) is 20.6. The molecule has 2 aliphatic carbocycles. The lowest BCUT2D eigenvalue weighted by Crippen LogP contribution is -2.43. The van der Waals surface area contributed by atoms with Crippen LogP contribution in [0.25, 0.3) is 0 Å². The highest BCUT2D eigenvalue weighted by Crippen LogP contribution is 2.38. The van der Waals surface area contributed by atoms with E-state index in [0.29, 0.717) is 30.2 Å². The summed E-state index contributed by atoms with van der Waals surface area (Å²) in [5.74, 6) is 1.13. The lowest BCUT2D eigenvalue weighted by Gasteiger charge is -2.41. The molecule has 2 unspecified atom stereocenters. The van der Waals surface area contributed by atoms with E-state index in [1.807, 2.05) is 12.1 Å². The molecular formula is C28H39ClN2O2S. The monoisotopic (exact) mass is 502 g/mol. The number of rotatable bonds is 12. The van der Waals surface area contributed by atoms with Crippen LogP contribution in [0.2, 0.25) is 5.02 Å². The van der Waals surface area contributed by atoms with Gasteiger partial charge < -0.3 is 4.90 Å². The molecule has 0 amide bonds. The Morgan fingerprint density at radius 1 is 1.00 bits per heavy atom. The molecule has 0 aromatic heterocycles. The molecule has 2 aromatic carbocycles. The van der Waals surface area contributed by atoms with Crippen LogP contribution < -0.4 is 4.72 Å². The third-order valence-corrected chi connectivity index (χ3v) is 9.36. The van der Waals surface area contributed by atoms with Crippen molar-refractivity contribution in [1.29, 1.82) is 0 Å². The van der Waals surface area contributed by atoms with Crippen LogP contribution in [-0.2, 0) is 29.3 Å². The van der Waals surface area contributed by atoms with E-state index in [1.54, 1.807) is 0 Å². The van der Waals surface area contributed by atoms with Gasteiger partial charge in [-0.1, -0.05) is 55.8 Å². The van der Waals surface area contributed by atoms with E-state index in [9.17, 15) is 8.42 Å². The smallest absolute Gasteiger partial charge is 0.211 e. The summed E-state index contributed by atoms with van der Waals surface area (Å²) >= 11 is 6.15. The second-order valence-electron chi connectivity index (χ2n) is 10.0. The first-order valence-electron chi connectivity index (χ1n) is 13.0. The minimum absolute atomic E-state index is 0.297. The van der Waals surface area contributed by atoms with E-state index < -0.39 is 10.0 Å². The minimum atomic E-state index is -3.12. The Kier molecular flexibility index (Phi) is 8.73. The molecular weight excluding hydrogens is 464 g/mol. The van der Waals surface area contributed by atoms with Crippen LogP contribution in [0, 0.1) is 5.92 Å². The maximum Gasteiger partial charge on any atom is 0.211 e. The van der Waals surface area contributed by atoms with Crippen molar-refractivity contribution in [3.8, 4) is 0 Å². The van der Waals surface area contributed by atoms with Gasteiger partial charge in [0, 0.05) is 23.5 Å². The van der Waals surface area contributed by atoms with Crippen molar-refractivity contribution in [2.45, 2.75) is 70.8 Å². The average Bonchev–Trinajstić information content (AvgIpc) is 3.63. The topological polar surface area (TPSA) is 49.4 Å². The van der Waals surface area contributed by atoms with Gasteiger partial charge in [0.05, 0.1) is 5.75 Å². The highest BCUT2D eigenvalue weighted by Gasteiger charge is 2.33. The van der Waals surface area contributed by atoms with Crippen molar-refractivity contribution in [2.75, 3.05) is 25.4 Å². The van der Waals surface area contributed by atoms with Crippen molar-refractivity contribution in [2.24, 2.45) is 5.92 Å². The Labute approximate surface area is 211 Å². The molecule has 2 aromatic rings. The molecule has 0 radical (unpaired) electrons. The fourth-order valence-electron chi connectivity index (χ4n) is 5.51. The summed E-state index contributed by atoms with van der Waals surface area (Å²) in [4.78, 5) is 2.62. The summed E-state index contributed by atoms with van der Waals surface area (Å²) in [5.41, 5.74) is 5.58. The Hall–Kier alpha value is -1.40. The average molecular weight is 503 g/mol. The van der Waals surface area contributed by atoms with Crippen LogP contribution in [0.15, 0.2) is 42.5 Å². The second-order valence-corrected chi connectivity index (χ2v) is 12.3. The van der Waals surface area contributed by atoms with Crippen LogP contribution in [0.3, 0.4) is 0 Å². The first kappa shape index (κ1) is 25.7. The standard InChI is InChI=1S/C28H39ClN2O2S/c1-3-31(4-2)28-16-13-24-12-9-21(6-5-17-30-34(32,33)20-23-7-8-23)18-26(24)27(28)19-22-10-14-25(29)15-11-22/h9-12,14-15,18,23,27-28,30H,3-8,13,16-17,19-20H2,1-2H3. The molecule has 6 heteroatoms. The van der Waals surface area contributed by atoms with Crippen LogP contribution in [0.4, 0.5) is 0 Å². The third-order valence-electron chi connectivity index (χ3n) is 7.55. The van der Waals surface area contributed by atoms with E-state index in [4.69, 9.17) is 11.6 Å². The van der Waals surface area contributed by atoms with Crippen molar-refractivity contribution in [3.05, 3.63) is 69.7 Å². The van der Waals surface area contributed by atoms with Crippen molar-refractivity contribution in [1.82, 2.24) is 9.62 Å². The summed E-state index contributed by atoms with van der Waals surface area (Å²) in [7, 11) is -3.12. The number of hydrogen-bond donors (Lipinski definition) is 1. The second kappa shape index (κ2) is 11.6. The van der Waals surface area contributed by atoms with Gasteiger partial charge in [-0.15, -0.1) is 0 Å². The molecule has 186 valence electrons. The van der Waals surface area contributed by atoms with Gasteiger partial charge in [-0.05, 0) is 98.3 Å². The molecule has 34 heavy (non-hydrogen) atoms. The fraction of sp³-hybridized carbons (Fsp3) is 0.571. The highest BCUT2D eigenvalue weighted by molar-refractivity contribution is 7.89. The quantitative estimate of drug-likeness (QED) is 0.385. The molecule has 0 heterocycles. The van der Waals surface area contributed by atoms with E-state index >= 15 is 0 Å². The molecule has 0 aliphatic heterocycles. The zero-order valence-corrected chi connectivity index (χ0v) is 22.2. The van der Waals surface area contributed by atoms with Crippen molar-refractivity contribution >= 4 is 21.6 Å². The van der Waals surface area contributed by atoms with Crippen LogP contribution in [0.1, 0.15) is 67.7 Å². The zero-order chi connectivity index (χ0) is 24.1. The Morgan fingerprint density at radius 2 is 1.71 bits per heavy atom. The predicted octanol–water partition coefficient (Wildman–Crippen LogP) is 5.58. The maximum absolute atomic E-state index is 12.2. The Bertz CT molecular complexity index is 1050. The Balaban J connectivity index is 1.48. The third kappa shape index (κ3) is 6.84. The molecule has 0 spiro atoms. The number of halogens is 1. The number of likely N-dealkylation sites (N-methyl/N-ethyl adjacent to an activating group) is 1.